The highest BCUT2D eigenvalue weighted by Crippen LogP contribution is 2.29. The first-order chi connectivity index (χ1) is 16.0. The lowest BCUT2D eigenvalue weighted by Gasteiger charge is -2.38. The van der Waals surface area contributed by atoms with Crippen LogP contribution in [0.5, 0.6) is 5.75 Å². The van der Waals surface area contributed by atoms with Crippen LogP contribution >= 0.6 is 0 Å². The number of pyridine rings is 1. The van der Waals surface area contributed by atoms with Crippen LogP contribution < -0.4 is 4.74 Å². The Balaban J connectivity index is 1.67. The van der Waals surface area contributed by atoms with E-state index in [-0.39, 0.29) is 23.8 Å². The van der Waals surface area contributed by atoms with E-state index >= 15 is 0 Å². The summed E-state index contributed by atoms with van der Waals surface area (Å²) in [5.74, 6) is 0.502. The number of carbonyl (C=O) groups is 1. The van der Waals surface area contributed by atoms with Crippen molar-refractivity contribution in [3.63, 3.8) is 0 Å². The molecule has 0 saturated carbocycles. The van der Waals surface area contributed by atoms with Crippen LogP contribution in [-0.4, -0.2) is 40.4 Å². The molecule has 0 spiro atoms. The van der Waals surface area contributed by atoms with Crippen molar-refractivity contribution in [3.05, 3.63) is 108 Å². The number of benzene rings is 2. The van der Waals surface area contributed by atoms with Crippen molar-refractivity contribution >= 4 is 5.91 Å². The molecule has 1 aliphatic heterocycles. The first-order valence-electron chi connectivity index (χ1n) is 11.0. The van der Waals surface area contributed by atoms with Crippen molar-refractivity contribution in [2.45, 2.75) is 32.1 Å². The molecule has 2 heterocycles. The van der Waals surface area contributed by atoms with E-state index in [9.17, 15) is 9.18 Å². The van der Waals surface area contributed by atoms with Gasteiger partial charge in [-0.3, -0.25) is 14.7 Å². The molecule has 6 heteroatoms. The first kappa shape index (κ1) is 22.7. The average molecular weight is 446 g/mol. The Labute approximate surface area is 194 Å². The molecule has 0 saturated heterocycles. The second-order valence-corrected chi connectivity index (χ2v) is 8.20. The quantitative estimate of drug-likeness (QED) is 0.513. The van der Waals surface area contributed by atoms with Crippen LogP contribution in [0.1, 0.15) is 29.7 Å². The summed E-state index contributed by atoms with van der Waals surface area (Å²) < 4.78 is 18.8. The smallest absolute Gasteiger partial charge is 0.240 e. The Bertz CT molecular complexity index is 1080. The highest BCUT2D eigenvalue weighted by atomic mass is 19.1. The topological polar surface area (TPSA) is 45.7 Å². The average Bonchev–Trinajstić information content (AvgIpc) is 2.85. The fourth-order valence-corrected chi connectivity index (χ4v) is 4.10. The van der Waals surface area contributed by atoms with E-state index in [1.54, 1.807) is 31.6 Å². The van der Waals surface area contributed by atoms with Gasteiger partial charge < -0.3 is 9.64 Å². The van der Waals surface area contributed by atoms with Gasteiger partial charge in [0.15, 0.2) is 0 Å². The predicted octanol–water partition coefficient (Wildman–Crippen LogP) is 4.76. The zero-order valence-corrected chi connectivity index (χ0v) is 18.9. The van der Waals surface area contributed by atoms with Gasteiger partial charge in [-0.25, -0.2) is 4.39 Å². The number of nitrogens with zero attached hydrogens (tertiary/aromatic N) is 3. The first-order valence-corrected chi connectivity index (χ1v) is 11.0. The molecular weight excluding hydrogens is 417 g/mol. The normalized spacial score (nSPS) is 20.2. The summed E-state index contributed by atoms with van der Waals surface area (Å²) in [5.41, 5.74) is 2.98. The van der Waals surface area contributed by atoms with E-state index in [4.69, 9.17) is 4.74 Å². The van der Waals surface area contributed by atoms with Gasteiger partial charge in [0.1, 0.15) is 11.6 Å². The van der Waals surface area contributed by atoms with Crippen LogP contribution in [0.3, 0.4) is 0 Å². The Morgan fingerprint density at radius 2 is 1.64 bits per heavy atom. The molecule has 0 N–H and O–H groups in total. The predicted molar refractivity (Wildman–Crippen MR) is 126 cm³/mol. The molecule has 1 aliphatic rings. The Hall–Kier alpha value is -3.51. The van der Waals surface area contributed by atoms with Gasteiger partial charge in [0.05, 0.1) is 19.2 Å². The number of aromatic nitrogens is 1. The van der Waals surface area contributed by atoms with Crippen molar-refractivity contribution < 1.29 is 13.9 Å². The van der Waals surface area contributed by atoms with Crippen molar-refractivity contribution in [1.29, 1.82) is 0 Å². The Kier molecular flexibility index (Phi) is 7.15. The van der Waals surface area contributed by atoms with Crippen LogP contribution in [0.2, 0.25) is 0 Å². The zero-order chi connectivity index (χ0) is 23.2. The van der Waals surface area contributed by atoms with Gasteiger partial charge in [-0.05, 0) is 60.0 Å². The summed E-state index contributed by atoms with van der Waals surface area (Å²) in [4.78, 5) is 21.9. The third kappa shape index (κ3) is 5.46. The maximum absolute atomic E-state index is 13.8. The van der Waals surface area contributed by atoms with Crippen LogP contribution in [-0.2, 0) is 17.9 Å². The summed E-state index contributed by atoms with van der Waals surface area (Å²) >= 11 is 0. The monoisotopic (exact) mass is 445 g/mol. The Morgan fingerprint density at radius 1 is 0.970 bits per heavy atom. The van der Waals surface area contributed by atoms with Crippen molar-refractivity contribution in [2.24, 2.45) is 0 Å². The standard InChI is InChI=1S/C27H28FN3O2/c1-20-27(32)31(19-21-5-9-24(28)10-6-21)26(23-7-11-25(33-2)12-8-23)4-3-17-30(20)18-22-13-15-29-16-14-22/h3-16,20,26H,17-19H2,1-2H3/b4-3-/t20-,26+/m0/s1. The van der Waals surface area contributed by atoms with Gasteiger partial charge in [-0.2, -0.15) is 0 Å². The van der Waals surface area contributed by atoms with Crippen LogP contribution in [0.15, 0.2) is 85.2 Å². The molecule has 5 nitrogen and oxygen atoms in total. The minimum Gasteiger partial charge on any atom is -0.497 e. The van der Waals surface area contributed by atoms with Crippen LogP contribution in [0.4, 0.5) is 4.39 Å². The molecule has 0 bridgehead atoms. The number of hydrogen-bond donors (Lipinski definition) is 0. The fourth-order valence-electron chi connectivity index (χ4n) is 4.10. The third-order valence-corrected chi connectivity index (χ3v) is 6.04. The van der Waals surface area contributed by atoms with Crippen LogP contribution in [0.25, 0.3) is 0 Å². The van der Waals surface area contributed by atoms with E-state index in [1.165, 1.54) is 12.1 Å². The van der Waals surface area contributed by atoms with E-state index < -0.39 is 0 Å². The number of ether oxygens (including phenoxy) is 1. The minimum absolute atomic E-state index is 0.0264. The molecule has 1 amide bonds. The molecule has 0 aliphatic carbocycles. The van der Waals surface area contributed by atoms with Crippen molar-refractivity contribution in [1.82, 2.24) is 14.8 Å². The second kappa shape index (κ2) is 10.4. The van der Waals surface area contributed by atoms with Gasteiger partial charge in [-0.15, -0.1) is 0 Å². The third-order valence-electron chi connectivity index (χ3n) is 6.04. The summed E-state index contributed by atoms with van der Waals surface area (Å²) in [6.45, 7) is 3.64. The Morgan fingerprint density at radius 3 is 2.30 bits per heavy atom. The highest BCUT2D eigenvalue weighted by Gasteiger charge is 2.32. The summed E-state index contributed by atoms with van der Waals surface area (Å²) in [7, 11) is 1.63. The molecular formula is C27H28FN3O2. The summed E-state index contributed by atoms with van der Waals surface area (Å²) in [6.07, 6.45) is 7.73. The van der Waals surface area contributed by atoms with Gasteiger partial charge in [-0.1, -0.05) is 36.4 Å². The highest BCUT2D eigenvalue weighted by molar-refractivity contribution is 5.82. The zero-order valence-electron chi connectivity index (χ0n) is 18.9. The number of amides is 1. The molecule has 33 heavy (non-hydrogen) atoms. The van der Waals surface area contributed by atoms with E-state index in [0.717, 1.165) is 22.4 Å². The fraction of sp³-hybridized carbons (Fsp3) is 0.259. The lowest BCUT2D eigenvalue weighted by molar-refractivity contribution is -0.139. The SMILES string of the molecule is COc1ccc([C@H]2/C=C\CN(Cc3ccncc3)[C@@H](C)C(=O)N2Cc2ccc(F)cc2)cc1. The number of methoxy groups -OCH3 is 1. The molecule has 170 valence electrons. The van der Waals surface area contributed by atoms with Crippen molar-refractivity contribution in [3.8, 4) is 5.75 Å². The molecule has 0 radical (unpaired) electrons. The molecule has 1 aromatic heterocycles. The molecule has 0 fully saturated rings. The van der Waals surface area contributed by atoms with E-state index in [0.29, 0.717) is 19.6 Å². The van der Waals surface area contributed by atoms with Gasteiger partial charge in [0, 0.05) is 32.0 Å². The largest absolute Gasteiger partial charge is 0.497 e. The van der Waals surface area contributed by atoms with Gasteiger partial charge in [0.2, 0.25) is 5.91 Å². The summed E-state index contributed by atoms with van der Waals surface area (Å²) in [6, 6.07) is 17.5. The van der Waals surface area contributed by atoms with E-state index in [2.05, 4.69) is 22.0 Å². The second-order valence-electron chi connectivity index (χ2n) is 8.20. The molecule has 3 aromatic rings. The lowest BCUT2D eigenvalue weighted by Crippen LogP contribution is -2.48. The van der Waals surface area contributed by atoms with Gasteiger partial charge in [0.25, 0.3) is 0 Å². The number of rotatable bonds is 6. The number of hydrogen-bond acceptors (Lipinski definition) is 4. The number of carbonyl (C=O) groups excluding carboxylic acids is 1. The lowest BCUT2D eigenvalue weighted by atomic mass is 10.00. The number of halogens is 1. The maximum atomic E-state index is 13.8. The van der Waals surface area contributed by atoms with Gasteiger partial charge >= 0.3 is 0 Å². The molecule has 2 aromatic carbocycles. The van der Waals surface area contributed by atoms with Crippen molar-refractivity contribution in [2.75, 3.05) is 13.7 Å². The molecule has 4 rings (SSSR count). The van der Waals surface area contributed by atoms with E-state index in [1.807, 2.05) is 48.2 Å². The molecule has 2 atom stereocenters. The maximum Gasteiger partial charge on any atom is 0.240 e. The summed E-state index contributed by atoms with van der Waals surface area (Å²) in [5, 5.41) is 0. The minimum atomic E-state index is -0.329. The molecule has 0 unspecified atom stereocenters. The van der Waals surface area contributed by atoms with Crippen LogP contribution in [0, 0.1) is 5.82 Å².